The Morgan fingerprint density at radius 1 is 1.15 bits per heavy atom. The largest absolute Gasteiger partial charge is 0.463 e. The lowest BCUT2D eigenvalue weighted by Gasteiger charge is -2.24. The highest BCUT2D eigenvalue weighted by Gasteiger charge is 2.40. The number of nitrogens with zero attached hydrogens (tertiary/aromatic N) is 1. The minimum Gasteiger partial charge on any atom is -0.463 e. The maximum atomic E-state index is 11.9. The van der Waals surface area contributed by atoms with Gasteiger partial charge in [0.1, 0.15) is 6.07 Å². The van der Waals surface area contributed by atoms with Crippen molar-refractivity contribution in [3.05, 3.63) is 0 Å². The topological polar surface area (TPSA) is 79.2 Å². The molecule has 0 aromatic carbocycles. The highest BCUT2D eigenvalue weighted by molar-refractivity contribution is 5.90. The summed E-state index contributed by atoms with van der Waals surface area (Å²) in [4.78, 5) is 23.2. The Hall–Kier alpha value is -1.57. The van der Waals surface area contributed by atoms with Crippen molar-refractivity contribution in [1.82, 2.24) is 5.32 Å². The lowest BCUT2D eigenvalue weighted by molar-refractivity contribution is -0.150. The summed E-state index contributed by atoms with van der Waals surface area (Å²) in [5, 5.41) is 11.8. The molecule has 0 fully saturated rings. The molecule has 1 amide bonds. The van der Waals surface area contributed by atoms with E-state index in [-0.39, 0.29) is 6.61 Å². The third-order valence-electron chi connectivity index (χ3n) is 3.11. The van der Waals surface area contributed by atoms with Gasteiger partial charge in [-0.2, -0.15) is 5.26 Å². The van der Waals surface area contributed by atoms with Gasteiger partial charge in [0.2, 0.25) is 11.4 Å². The minimum absolute atomic E-state index is 0.193. The number of ether oxygens (including phenoxy) is 1. The van der Waals surface area contributed by atoms with Crippen molar-refractivity contribution < 1.29 is 14.3 Å². The molecular formula is C15H26N2O3. The number of unbranched alkanes of at least 4 members (excludes halogenated alkanes) is 5. The van der Waals surface area contributed by atoms with Crippen LogP contribution in [-0.4, -0.2) is 24.0 Å². The fourth-order valence-electron chi connectivity index (χ4n) is 2.07. The highest BCUT2D eigenvalue weighted by atomic mass is 16.5. The van der Waals surface area contributed by atoms with Crippen LogP contribution < -0.4 is 5.32 Å². The maximum absolute atomic E-state index is 11.9. The SMILES string of the molecule is CCCCCCCCC(C#N)(NC(C)=O)C(=O)OCC. The van der Waals surface area contributed by atoms with Crippen molar-refractivity contribution in [1.29, 1.82) is 5.26 Å². The van der Waals surface area contributed by atoms with Crippen LogP contribution in [0.3, 0.4) is 0 Å². The smallest absolute Gasteiger partial charge is 0.346 e. The van der Waals surface area contributed by atoms with Gasteiger partial charge in [-0.05, 0) is 19.8 Å². The lowest BCUT2D eigenvalue weighted by atomic mass is 9.93. The van der Waals surface area contributed by atoms with Crippen LogP contribution in [0.4, 0.5) is 0 Å². The Balaban J connectivity index is 4.49. The van der Waals surface area contributed by atoms with Crippen LogP contribution in [0, 0.1) is 11.3 Å². The molecule has 20 heavy (non-hydrogen) atoms. The van der Waals surface area contributed by atoms with Gasteiger partial charge in [-0.3, -0.25) is 4.79 Å². The van der Waals surface area contributed by atoms with Crippen LogP contribution in [0.25, 0.3) is 0 Å². The Bertz CT molecular complexity index is 350. The molecular weight excluding hydrogens is 256 g/mol. The fourth-order valence-corrected chi connectivity index (χ4v) is 2.07. The quantitative estimate of drug-likeness (QED) is 0.493. The summed E-state index contributed by atoms with van der Waals surface area (Å²) in [6.07, 6.45) is 6.59. The van der Waals surface area contributed by atoms with Gasteiger partial charge in [0.05, 0.1) is 6.61 Å². The van der Waals surface area contributed by atoms with Crippen molar-refractivity contribution in [3.8, 4) is 6.07 Å². The fraction of sp³-hybridized carbons (Fsp3) is 0.800. The van der Waals surface area contributed by atoms with E-state index in [1.807, 2.05) is 6.07 Å². The van der Waals surface area contributed by atoms with E-state index < -0.39 is 17.4 Å². The third kappa shape index (κ3) is 6.55. The molecule has 0 heterocycles. The van der Waals surface area contributed by atoms with E-state index in [0.717, 1.165) is 25.7 Å². The molecule has 1 unspecified atom stereocenters. The Labute approximate surface area is 121 Å². The van der Waals surface area contributed by atoms with Gasteiger partial charge < -0.3 is 10.1 Å². The molecule has 1 atom stereocenters. The van der Waals surface area contributed by atoms with E-state index >= 15 is 0 Å². The first kappa shape index (κ1) is 18.4. The predicted molar refractivity (Wildman–Crippen MR) is 76.8 cm³/mol. The first-order valence-electron chi connectivity index (χ1n) is 7.39. The lowest BCUT2D eigenvalue weighted by Crippen LogP contribution is -2.53. The number of carbonyl (C=O) groups excluding carboxylic acids is 2. The number of carbonyl (C=O) groups is 2. The molecule has 0 rings (SSSR count). The van der Waals surface area contributed by atoms with E-state index in [1.54, 1.807) is 6.92 Å². The second kappa shape index (κ2) is 10.2. The van der Waals surface area contributed by atoms with E-state index in [0.29, 0.717) is 6.42 Å². The molecule has 0 bridgehead atoms. The molecule has 0 spiro atoms. The van der Waals surface area contributed by atoms with Crippen molar-refractivity contribution >= 4 is 11.9 Å². The van der Waals surface area contributed by atoms with Gasteiger partial charge >= 0.3 is 5.97 Å². The monoisotopic (exact) mass is 282 g/mol. The maximum Gasteiger partial charge on any atom is 0.346 e. The van der Waals surface area contributed by atoms with E-state index in [2.05, 4.69) is 12.2 Å². The number of nitriles is 1. The first-order valence-corrected chi connectivity index (χ1v) is 7.39. The van der Waals surface area contributed by atoms with Gasteiger partial charge in [-0.1, -0.05) is 39.0 Å². The van der Waals surface area contributed by atoms with E-state index in [4.69, 9.17) is 4.74 Å². The number of rotatable bonds is 10. The van der Waals surface area contributed by atoms with Crippen LogP contribution in [0.15, 0.2) is 0 Å². The normalized spacial score (nSPS) is 13.1. The number of hydrogen-bond donors (Lipinski definition) is 1. The highest BCUT2D eigenvalue weighted by Crippen LogP contribution is 2.18. The summed E-state index contributed by atoms with van der Waals surface area (Å²) >= 11 is 0. The standard InChI is InChI=1S/C15H26N2O3/c1-4-6-7-8-9-10-11-15(12-16,17-13(3)18)14(19)20-5-2/h4-11H2,1-3H3,(H,17,18). The summed E-state index contributed by atoms with van der Waals surface area (Å²) in [5.41, 5.74) is -1.54. The number of nitrogens with one attached hydrogen (secondary N) is 1. The Morgan fingerprint density at radius 3 is 2.25 bits per heavy atom. The number of amides is 1. The molecule has 0 saturated carbocycles. The van der Waals surface area contributed by atoms with Crippen molar-refractivity contribution in [2.24, 2.45) is 0 Å². The second-order valence-corrected chi connectivity index (χ2v) is 4.94. The zero-order valence-corrected chi connectivity index (χ0v) is 12.8. The molecule has 114 valence electrons. The van der Waals surface area contributed by atoms with Crippen LogP contribution in [0.1, 0.15) is 65.7 Å². The van der Waals surface area contributed by atoms with Crippen LogP contribution in [0.2, 0.25) is 0 Å². The van der Waals surface area contributed by atoms with Crippen molar-refractivity contribution in [2.45, 2.75) is 71.3 Å². The summed E-state index contributed by atoms with van der Waals surface area (Å²) in [5.74, 6) is -1.06. The molecule has 5 nitrogen and oxygen atoms in total. The summed E-state index contributed by atoms with van der Waals surface area (Å²) in [6, 6.07) is 1.93. The zero-order chi connectivity index (χ0) is 15.4. The van der Waals surface area contributed by atoms with Crippen LogP contribution >= 0.6 is 0 Å². The number of esters is 1. The molecule has 0 aromatic rings. The van der Waals surface area contributed by atoms with Gasteiger partial charge in [0.25, 0.3) is 0 Å². The second-order valence-electron chi connectivity index (χ2n) is 4.94. The third-order valence-corrected chi connectivity index (χ3v) is 3.11. The van der Waals surface area contributed by atoms with Gasteiger partial charge in [-0.25, -0.2) is 4.79 Å². The molecule has 0 saturated heterocycles. The predicted octanol–water partition coefficient (Wildman–Crippen LogP) is 2.70. The van der Waals surface area contributed by atoms with Gasteiger partial charge in [0.15, 0.2) is 0 Å². The van der Waals surface area contributed by atoms with Crippen LogP contribution in [0.5, 0.6) is 0 Å². The Kier molecular flexibility index (Phi) is 9.44. The van der Waals surface area contributed by atoms with Crippen molar-refractivity contribution in [2.75, 3.05) is 6.61 Å². The summed E-state index contributed by atoms with van der Waals surface area (Å²) < 4.78 is 4.92. The zero-order valence-electron chi connectivity index (χ0n) is 12.8. The first-order chi connectivity index (χ1) is 9.52. The average Bonchev–Trinajstić information content (AvgIpc) is 2.41. The molecule has 0 radical (unpaired) electrons. The molecule has 0 aliphatic rings. The average molecular weight is 282 g/mol. The van der Waals surface area contributed by atoms with Gasteiger partial charge in [-0.15, -0.1) is 0 Å². The van der Waals surface area contributed by atoms with Crippen molar-refractivity contribution in [3.63, 3.8) is 0 Å². The van der Waals surface area contributed by atoms with E-state index in [1.165, 1.54) is 19.8 Å². The minimum atomic E-state index is -1.54. The summed E-state index contributed by atoms with van der Waals surface area (Å²) in [6.45, 7) is 5.32. The van der Waals surface area contributed by atoms with Crippen LogP contribution in [-0.2, 0) is 14.3 Å². The molecule has 0 aromatic heterocycles. The molecule has 0 aliphatic heterocycles. The molecule has 5 heteroatoms. The Morgan fingerprint density at radius 2 is 1.75 bits per heavy atom. The van der Waals surface area contributed by atoms with E-state index in [9.17, 15) is 14.9 Å². The number of hydrogen-bond acceptors (Lipinski definition) is 4. The summed E-state index contributed by atoms with van der Waals surface area (Å²) in [7, 11) is 0. The van der Waals surface area contributed by atoms with Gasteiger partial charge in [0, 0.05) is 6.92 Å². The molecule has 1 N–H and O–H groups in total. The molecule has 0 aliphatic carbocycles.